The summed E-state index contributed by atoms with van der Waals surface area (Å²) in [5, 5.41) is 0. The van der Waals surface area contributed by atoms with Crippen LogP contribution < -0.4 is 0 Å². The van der Waals surface area contributed by atoms with Crippen molar-refractivity contribution in [2.75, 3.05) is 0 Å². The molecule has 1 aliphatic heterocycles. The second-order valence-corrected chi connectivity index (χ2v) is 4.91. The van der Waals surface area contributed by atoms with Gasteiger partial charge < -0.3 is 0 Å². The highest BCUT2D eigenvalue weighted by molar-refractivity contribution is 7.47. The normalized spacial score (nSPS) is 22.4. The third-order valence-electron chi connectivity index (χ3n) is 1.90. The molecule has 0 amide bonds. The van der Waals surface area contributed by atoms with Gasteiger partial charge >= 0.3 is 16.5 Å². The van der Waals surface area contributed by atoms with Crippen LogP contribution in [0.3, 0.4) is 0 Å². The second-order valence-electron chi connectivity index (χ2n) is 2.84. The Labute approximate surface area is 88.3 Å². The number of hydrogen-bond donors (Lipinski definition) is 0. The Morgan fingerprint density at radius 1 is 0.933 bits per heavy atom. The van der Waals surface area contributed by atoms with E-state index in [0.29, 0.717) is 0 Å². The van der Waals surface area contributed by atoms with E-state index in [1.165, 1.54) is 0 Å². The van der Waals surface area contributed by atoms with Crippen molar-refractivity contribution in [3.63, 3.8) is 0 Å². The molecule has 1 aromatic carbocycles. The van der Waals surface area contributed by atoms with Crippen molar-refractivity contribution in [2.45, 2.75) is 13.2 Å². The van der Waals surface area contributed by atoms with Crippen LogP contribution in [-0.2, 0) is 35.7 Å². The molecule has 1 aliphatic rings. The monoisotopic (exact) mass is 246 g/mol. The van der Waals surface area contributed by atoms with Crippen molar-refractivity contribution < 1.29 is 22.5 Å². The van der Waals surface area contributed by atoms with Crippen LogP contribution in [0, 0.1) is 0 Å². The van der Waals surface area contributed by atoms with E-state index in [2.05, 4.69) is 4.31 Å². The maximum Gasteiger partial charge on any atom is 0.748 e. The van der Waals surface area contributed by atoms with Gasteiger partial charge in [0.05, 0.1) is 0 Å². The maximum absolute atomic E-state index is 11.0. The van der Waals surface area contributed by atoms with Crippen LogP contribution in [0.2, 0.25) is 0 Å². The first kappa shape index (κ1) is 10.8. The average Bonchev–Trinajstić information content (AvgIpc) is 2.30. The van der Waals surface area contributed by atoms with Gasteiger partial charge in [0.1, 0.15) is 13.2 Å². The second kappa shape index (κ2) is 4.88. The molecule has 7 heteroatoms. The maximum atomic E-state index is 11.0. The highest BCUT2D eigenvalue weighted by Crippen LogP contribution is 2.42. The molecule has 1 aromatic rings. The van der Waals surface area contributed by atoms with Gasteiger partial charge in [-0.25, -0.2) is 0 Å². The molecule has 0 spiro atoms. The SMILES string of the molecule is O=[P+]1OCc2ccccc2CO[P+](=O)O1. The highest BCUT2D eigenvalue weighted by atomic mass is 31.2. The lowest BCUT2D eigenvalue weighted by molar-refractivity contribution is 0.257. The van der Waals surface area contributed by atoms with Gasteiger partial charge in [-0.05, 0) is 11.1 Å². The first-order valence-electron chi connectivity index (χ1n) is 4.21. The molecule has 0 aromatic heterocycles. The topological polar surface area (TPSA) is 61.8 Å². The van der Waals surface area contributed by atoms with Crippen molar-refractivity contribution in [1.82, 2.24) is 0 Å². The molecule has 0 saturated heterocycles. The van der Waals surface area contributed by atoms with Gasteiger partial charge in [0.25, 0.3) is 0 Å². The molecule has 15 heavy (non-hydrogen) atoms. The highest BCUT2D eigenvalue weighted by Gasteiger charge is 2.41. The lowest BCUT2D eigenvalue weighted by Crippen LogP contribution is -1.93. The Morgan fingerprint density at radius 2 is 1.40 bits per heavy atom. The van der Waals surface area contributed by atoms with Gasteiger partial charge in [-0.15, -0.1) is 9.05 Å². The van der Waals surface area contributed by atoms with Crippen molar-refractivity contribution in [2.24, 2.45) is 0 Å². The van der Waals surface area contributed by atoms with Crippen molar-refractivity contribution in [1.29, 1.82) is 0 Å². The van der Waals surface area contributed by atoms with Gasteiger partial charge in [0, 0.05) is 9.13 Å². The molecule has 0 N–H and O–H groups in total. The summed E-state index contributed by atoms with van der Waals surface area (Å²) in [7, 11) is -4.75. The Morgan fingerprint density at radius 3 is 1.87 bits per heavy atom. The minimum Gasteiger partial charge on any atom is -0.111 e. The van der Waals surface area contributed by atoms with E-state index in [1.54, 1.807) is 0 Å². The van der Waals surface area contributed by atoms with E-state index in [4.69, 9.17) is 9.05 Å². The van der Waals surface area contributed by atoms with Crippen LogP contribution in [0.4, 0.5) is 0 Å². The van der Waals surface area contributed by atoms with E-state index in [9.17, 15) is 9.13 Å². The first-order chi connectivity index (χ1) is 7.25. The summed E-state index contributed by atoms with van der Waals surface area (Å²) in [6, 6.07) is 7.35. The Balaban J connectivity index is 2.25. The molecule has 0 fully saturated rings. The van der Waals surface area contributed by atoms with Crippen LogP contribution in [-0.4, -0.2) is 0 Å². The molecule has 2 rings (SSSR count). The van der Waals surface area contributed by atoms with Gasteiger partial charge in [0.15, 0.2) is 4.31 Å². The molecular weight excluding hydrogens is 238 g/mol. The van der Waals surface area contributed by atoms with Crippen LogP contribution in [0.5, 0.6) is 0 Å². The minimum atomic E-state index is -2.37. The molecule has 1 heterocycles. The summed E-state index contributed by atoms with van der Waals surface area (Å²) in [6.45, 7) is 0.329. The third kappa shape index (κ3) is 2.88. The summed E-state index contributed by atoms with van der Waals surface area (Å²) in [4.78, 5) is 0. The van der Waals surface area contributed by atoms with Crippen molar-refractivity contribution in [3.8, 4) is 0 Å². The summed E-state index contributed by atoms with van der Waals surface area (Å²) < 4.78 is 36.3. The van der Waals surface area contributed by atoms with Gasteiger partial charge in [-0.1, -0.05) is 24.3 Å². The number of hydrogen-bond acceptors (Lipinski definition) is 5. The number of fused-ring (bicyclic) bond motifs is 1. The predicted octanol–water partition coefficient (Wildman–Crippen LogP) is 3.06. The molecule has 5 nitrogen and oxygen atoms in total. The Hall–Kier alpha value is -0.700. The van der Waals surface area contributed by atoms with E-state index >= 15 is 0 Å². The minimum absolute atomic E-state index is 0.165. The Bertz CT molecular complexity index is 369. The zero-order chi connectivity index (χ0) is 10.7. The summed E-state index contributed by atoms with van der Waals surface area (Å²) in [5.74, 6) is 0. The van der Waals surface area contributed by atoms with Gasteiger partial charge in [-0.3, -0.25) is 0 Å². The molecule has 0 bridgehead atoms. The molecule has 0 radical (unpaired) electrons. The smallest absolute Gasteiger partial charge is 0.111 e. The zero-order valence-corrected chi connectivity index (χ0v) is 9.45. The molecule has 0 aliphatic carbocycles. The average molecular weight is 246 g/mol. The summed E-state index contributed by atoms with van der Waals surface area (Å²) in [5.41, 5.74) is 1.71. The van der Waals surface area contributed by atoms with E-state index in [-0.39, 0.29) is 13.2 Å². The number of benzene rings is 1. The molecule has 0 saturated carbocycles. The fraction of sp³-hybridized carbons (Fsp3) is 0.250. The van der Waals surface area contributed by atoms with Crippen LogP contribution >= 0.6 is 16.5 Å². The van der Waals surface area contributed by atoms with Gasteiger partial charge in [-0.2, -0.15) is 0 Å². The van der Waals surface area contributed by atoms with E-state index in [1.807, 2.05) is 24.3 Å². The molecule has 78 valence electrons. The first-order valence-corrected chi connectivity index (χ1v) is 6.40. The zero-order valence-electron chi connectivity index (χ0n) is 7.66. The predicted molar refractivity (Wildman–Crippen MR) is 52.3 cm³/mol. The lowest BCUT2D eigenvalue weighted by Gasteiger charge is -2.00. The van der Waals surface area contributed by atoms with Crippen molar-refractivity contribution in [3.05, 3.63) is 35.4 Å². The standard InChI is InChI=1S/C8H8O5P2/c9-14-11-5-7-3-1-2-4-8(7)6-12-15(10)13-14/h1-4H,5-6H2/q+2. The summed E-state index contributed by atoms with van der Waals surface area (Å²) in [6.07, 6.45) is 0. The quantitative estimate of drug-likeness (QED) is 0.658. The summed E-state index contributed by atoms with van der Waals surface area (Å²) >= 11 is 0. The largest absolute Gasteiger partial charge is 0.748 e. The van der Waals surface area contributed by atoms with E-state index in [0.717, 1.165) is 11.1 Å². The van der Waals surface area contributed by atoms with E-state index < -0.39 is 16.5 Å². The Kier molecular flexibility index (Phi) is 3.52. The third-order valence-corrected chi connectivity index (χ3v) is 3.65. The van der Waals surface area contributed by atoms with Crippen LogP contribution in [0.25, 0.3) is 0 Å². The number of rotatable bonds is 0. The van der Waals surface area contributed by atoms with Gasteiger partial charge in [0.2, 0.25) is 0 Å². The van der Waals surface area contributed by atoms with Crippen LogP contribution in [0.15, 0.2) is 24.3 Å². The van der Waals surface area contributed by atoms with Crippen LogP contribution in [0.1, 0.15) is 11.1 Å². The van der Waals surface area contributed by atoms with Crippen molar-refractivity contribution >= 4 is 16.5 Å². The molecule has 2 atom stereocenters. The fourth-order valence-corrected chi connectivity index (χ4v) is 2.49. The fourth-order valence-electron chi connectivity index (χ4n) is 1.19. The molecule has 2 unspecified atom stereocenters. The lowest BCUT2D eigenvalue weighted by atomic mass is 10.1. The molecular formula is C8H8O5P2+2.